The van der Waals surface area contributed by atoms with Crippen LogP contribution in [0.4, 0.5) is 5.69 Å². The van der Waals surface area contributed by atoms with Crippen LogP contribution in [0.2, 0.25) is 0 Å². The molecule has 2 aromatic rings. The van der Waals surface area contributed by atoms with E-state index in [1.807, 2.05) is 24.3 Å². The molecular formula is C15H17N3O. The first-order valence-electron chi connectivity index (χ1n) is 6.30. The maximum Gasteiger partial charge on any atom is 0.203 e. The molecule has 0 saturated heterocycles. The van der Waals surface area contributed by atoms with Gasteiger partial charge in [0.2, 0.25) is 5.78 Å². The minimum absolute atomic E-state index is 0.0391. The lowest BCUT2D eigenvalue weighted by molar-refractivity contribution is 0.103. The Morgan fingerprint density at radius 3 is 2.74 bits per heavy atom. The molecule has 1 aromatic carbocycles. The highest BCUT2D eigenvalue weighted by atomic mass is 16.1. The number of aromatic nitrogens is 2. The van der Waals surface area contributed by atoms with Gasteiger partial charge in [-0.25, -0.2) is 0 Å². The Labute approximate surface area is 112 Å². The van der Waals surface area contributed by atoms with E-state index in [2.05, 4.69) is 12.0 Å². The van der Waals surface area contributed by atoms with E-state index in [4.69, 9.17) is 5.73 Å². The van der Waals surface area contributed by atoms with Crippen LogP contribution in [0.25, 0.3) is 6.08 Å². The van der Waals surface area contributed by atoms with E-state index in [0.717, 1.165) is 18.5 Å². The van der Waals surface area contributed by atoms with Crippen molar-refractivity contribution < 1.29 is 4.79 Å². The number of rotatable bonds is 5. The average Bonchev–Trinajstić information content (AvgIpc) is 2.86. The molecule has 0 unspecified atom stereocenters. The van der Waals surface area contributed by atoms with Gasteiger partial charge >= 0.3 is 0 Å². The number of hydrogen-bond acceptors (Lipinski definition) is 3. The van der Waals surface area contributed by atoms with Gasteiger partial charge in [-0.1, -0.05) is 25.1 Å². The summed E-state index contributed by atoms with van der Waals surface area (Å²) in [6, 6.07) is 9.12. The molecule has 1 heterocycles. The highest BCUT2D eigenvalue weighted by molar-refractivity contribution is 6.05. The Hall–Kier alpha value is -2.36. The van der Waals surface area contributed by atoms with Crippen molar-refractivity contribution in [2.45, 2.75) is 19.9 Å². The van der Waals surface area contributed by atoms with Crippen LogP contribution in [0.1, 0.15) is 29.4 Å². The number of nitrogen functional groups attached to an aromatic ring is 1. The first kappa shape index (κ1) is 13.1. The zero-order valence-corrected chi connectivity index (χ0v) is 10.9. The summed E-state index contributed by atoms with van der Waals surface area (Å²) in [6.45, 7) is 2.81. The van der Waals surface area contributed by atoms with Gasteiger partial charge in [-0.2, -0.15) is 5.10 Å². The van der Waals surface area contributed by atoms with Gasteiger partial charge in [0.25, 0.3) is 0 Å². The predicted octanol–water partition coefficient (Wildman–Crippen LogP) is 2.77. The predicted molar refractivity (Wildman–Crippen MR) is 76.7 cm³/mol. The summed E-state index contributed by atoms with van der Waals surface area (Å²) >= 11 is 0. The van der Waals surface area contributed by atoms with Crippen LogP contribution in [0.5, 0.6) is 0 Å². The van der Waals surface area contributed by atoms with Gasteiger partial charge < -0.3 is 5.73 Å². The van der Waals surface area contributed by atoms with Crippen LogP contribution in [0, 0.1) is 0 Å². The van der Waals surface area contributed by atoms with Gasteiger partial charge in [0, 0.05) is 18.4 Å². The number of aryl methyl sites for hydroxylation is 1. The molecule has 0 spiro atoms. The van der Waals surface area contributed by atoms with Gasteiger partial charge in [-0.15, -0.1) is 0 Å². The van der Waals surface area contributed by atoms with Crippen molar-refractivity contribution >= 4 is 17.5 Å². The average molecular weight is 255 g/mol. The number of carbonyl (C=O) groups is 1. The Bertz CT molecular complexity index is 582. The van der Waals surface area contributed by atoms with Crippen molar-refractivity contribution in [1.29, 1.82) is 0 Å². The Balaban J connectivity index is 2.12. The van der Waals surface area contributed by atoms with Crippen LogP contribution >= 0.6 is 0 Å². The Morgan fingerprint density at radius 1 is 1.32 bits per heavy atom. The van der Waals surface area contributed by atoms with E-state index in [-0.39, 0.29) is 5.78 Å². The van der Waals surface area contributed by atoms with Crippen LogP contribution in [-0.4, -0.2) is 15.6 Å². The normalized spacial score (nSPS) is 11.0. The molecule has 2 rings (SSSR count). The Kier molecular flexibility index (Phi) is 4.13. The number of benzene rings is 1. The summed E-state index contributed by atoms with van der Waals surface area (Å²) in [5.74, 6) is -0.0391. The second kappa shape index (κ2) is 6.00. The molecule has 0 atom stereocenters. The van der Waals surface area contributed by atoms with Crippen molar-refractivity contribution in [3.05, 3.63) is 53.9 Å². The van der Waals surface area contributed by atoms with E-state index in [1.54, 1.807) is 29.1 Å². The largest absolute Gasteiger partial charge is 0.399 e. The summed E-state index contributed by atoms with van der Waals surface area (Å²) in [6.07, 6.45) is 5.95. The molecule has 0 aliphatic carbocycles. The van der Waals surface area contributed by atoms with Crippen LogP contribution < -0.4 is 5.73 Å². The summed E-state index contributed by atoms with van der Waals surface area (Å²) < 4.78 is 1.73. The standard InChI is InChI=1S/C15H17N3O/c1-2-11-18-14(9-10-17-18)15(19)8-5-12-3-6-13(16)7-4-12/h3-10H,2,11,16H2,1H3/b8-5+. The van der Waals surface area contributed by atoms with Crippen LogP contribution in [0.3, 0.4) is 0 Å². The molecule has 19 heavy (non-hydrogen) atoms. The zero-order valence-electron chi connectivity index (χ0n) is 10.9. The fraction of sp³-hybridized carbons (Fsp3) is 0.200. The molecule has 0 aliphatic heterocycles. The number of ketones is 1. The van der Waals surface area contributed by atoms with Gasteiger partial charge in [-0.05, 0) is 36.3 Å². The lowest BCUT2D eigenvalue weighted by Gasteiger charge is -2.02. The van der Waals surface area contributed by atoms with Crippen molar-refractivity contribution in [3.63, 3.8) is 0 Å². The maximum absolute atomic E-state index is 12.1. The molecule has 2 N–H and O–H groups in total. The summed E-state index contributed by atoms with van der Waals surface area (Å²) in [5, 5.41) is 4.14. The topological polar surface area (TPSA) is 60.9 Å². The van der Waals surface area contributed by atoms with E-state index in [0.29, 0.717) is 11.4 Å². The second-order valence-electron chi connectivity index (χ2n) is 4.30. The van der Waals surface area contributed by atoms with Crippen molar-refractivity contribution in [2.75, 3.05) is 5.73 Å². The smallest absolute Gasteiger partial charge is 0.203 e. The summed E-state index contributed by atoms with van der Waals surface area (Å²) in [4.78, 5) is 12.1. The zero-order chi connectivity index (χ0) is 13.7. The highest BCUT2D eigenvalue weighted by Crippen LogP contribution is 2.09. The molecular weight excluding hydrogens is 238 g/mol. The molecule has 4 heteroatoms. The van der Waals surface area contributed by atoms with E-state index >= 15 is 0 Å². The molecule has 98 valence electrons. The minimum atomic E-state index is -0.0391. The van der Waals surface area contributed by atoms with Crippen molar-refractivity contribution in [3.8, 4) is 0 Å². The number of allylic oxidation sites excluding steroid dienone is 1. The molecule has 0 bridgehead atoms. The fourth-order valence-electron chi connectivity index (χ4n) is 1.80. The number of nitrogens with zero attached hydrogens (tertiary/aromatic N) is 2. The van der Waals surface area contributed by atoms with Gasteiger partial charge in [0.1, 0.15) is 5.69 Å². The summed E-state index contributed by atoms with van der Waals surface area (Å²) in [5.41, 5.74) is 7.89. The lowest BCUT2D eigenvalue weighted by Crippen LogP contribution is -2.08. The SMILES string of the molecule is CCCn1nccc1C(=O)/C=C/c1ccc(N)cc1. The van der Waals surface area contributed by atoms with Gasteiger partial charge in [0.15, 0.2) is 0 Å². The number of hydrogen-bond donors (Lipinski definition) is 1. The molecule has 1 aromatic heterocycles. The molecule has 4 nitrogen and oxygen atoms in total. The number of nitrogens with two attached hydrogens (primary N) is 1. The van der Waals surface area contributed by atoms with E-state index in [1.165, 1.54) is 0 Å². The third-order valence-electron chi connectivity index (χ3n) is 2.77. The lowest BCUT2D eigenvalue weighted by atomic mass is 10.1. The minimum Gasteiger partial charge on any atom is -0.399 e. The fourth-order valence-corrected chi connectivity index (χ4v) is 1.80. The molecule has 0 radical (unpaired) electrons. The quantitative estimate of drug-likeness (QED) is 0.507. The van der Waals surface area contributed by atoms with Gasteiger partial charge in [0.05, 0.1) is 0 Å². The summed E-state index contributed by atoms with van der Waals surface area (Å²) in [7, 11) is 0. The molecule has 0 aliphatic rings. The maximum atomic E-state index is 12.1. The Morgan fingerprint density at radius 2 is 2.05 bits per heavy atom. The molecule has 0 amide bonds. The van der Waals surface area contributed by atoms with Crippen molar-refractivity contribution in [1.82, 2.24) is 9.78 Å². The highest BCUT2D eigenvalue weighted by Gasteiger charge is 2.07. The number of anilines is 1. The second-order valence-corrected chi connectivity index (χ2v) is 4.30. The first-order valence-corrected chi connectivity index (χ1v) is 6.30. The number of carbonyl (C=O) groups excluding carboxylic acids is 1. The first-order chi connectivity index (χ1) is 9.20. The third-order valence-corrected chi connectivity index (χ3v) is 2.77. The monoisotopic (exact) mass is 255 g/mol. The van der Waals surface area contributed by atoms with E-state index < -0.39 is 0 Å². The van der Waals surface area contributed by atoms with Gasteiger partial charge in [-0.3, -0.25) is 9.48 Å². The molecule has 0 saturated carbocycles. The van der Waals surface area contributed by atoms with Crippen molar-refractivity contribution in [2.24, 2.45) is 0 Å². The molecule has 0 fully saturated rings. The van der Waals surface area contributed by atoms with E-state index in [9.17, 15) is 4.79 Å². The van der Waals surface area contributed by atoms with Crippen LogP contribution in [-0.2, 0) is 6.54 Å². The third kappa shape index (κ3) is 3.31. The van der Waals surface area contributed by atoms with Crippen LogP contribution in [0.15, 0.2) is 42.6 Å².